The van der Waals surface area contributed by atoms with Gasteiger partial charge in [-0.05, 0) is 38.9 Å². The first-order chi connectivity index (χ1) is 5.35. The van der Waals surface area contributed by atoms with Crippen molar-refractivity contribution in [3.8, 4) is 0 Å². The Bertz CT molecular complexity index is 69.7. The fraction of sp³-hybridized carbons (Fsp3) is 1.00. The van der Waals surface area contributed by atoms with Crippen molar-refractivity contribution in [1.82, 2.24) is 5.32 Å². The minimum Gasteiger partial charge on any atom is -0.330 e. The molecular formula is C8H21N3. The molecule has 0 rings (SSSR count). The molecule has 3 nitrogen and oxygen atoms in total. The van der Waals surface area contributed by atoms with Crippen molar-refractivity contribution in [2.75, 3.05) is 19.6 Å². The van der Waals surface area contributed by atoms with Crippen LogP contribution in [-0.2, 0) is 0 Å². The van der Waals surface area contributed by atoms with Gasteiger partial charge in [0.2, 0.25) is 0 Å². The van der Waals surface area contributed by atoms with E-state index in [0.717, 1.165) is 38.9 Å². The van der Waals surface area contributed by atoms with Gasteiger partial charge < -0.3 is 16.8 Å². The quantitative estimate of drug-likeness (QED) is 0.492. The molecule has 0 aliphatic rings. The van der Waals surface area contributed by atoms with Crippen molar-refractivity contribution < 1.29 is 0 Å². The van der Waals surface area contributed by atoms with Crippen LogP contribution in [0.1, 0.15) is 26.2 Å². The zero-order valence-corrected chi connectivity index (χ0v) is 7.47. The van der Waals surface area contributed by atoms with Crippen molar-refractivity contribution in [2.45, 2.75) is 32.2 Å². The van der Waals surface area contributed by atoms with E-state index in [0.29, 0.717) is 6.04 Å². The van der Waals surface area contributed by atoms with Gasteiger partial charge in [-0.3, -0.25) is 0 Å². The highest BCUT2D eigenvalue weighted by atomic mass is 14.9. The van der Waals surface area contributed by atoms with E-state index in [1.807, 2.05) is 0 Å². The molecule has 0 radical (unpaired) electrons. The van der Waals surface area contributed by atoms with Crippen molar-refractivity contribution >= 4 is 0 Å². The Kier molecular flexibility index (Phi) is 7.89. The summed E-state index contributed by atoms with van der Waals surface area (Å²) in [6, 6.07) is 0.577. The van der Waals surface area contributed by atoms with E-state index >= 15 is 0 Å². The summed E-state index contributed by atoms with van der Waals surface area (Å²) in [6.45, 7) is 4.69. The van der Waals surface area contributed by atoms with Gasteiger partial charge >= 0.3 is 0 Å². The van der Waals surface area contributed by atoms with Crippen molar-refractivity contribution in [3.63, 3.8) is 0 Å². The largest absolute Gasteiger partial charge is 0.330 e. The average Bonchev–Trinajstić information content (AvgIpc) is 2.01. The Labute approximate surface area is 69.5 Å². The highest BCUT2D eigenvalue weighted by Crippen LogP contribution is 1.99. The van der Waals surface area contributed by atoms with E-state index in [4.69, 9.17) is 11.5 Å². The number of rotatable bonds is 7. The van der Waals surface area contributed by atoms with E-state index in [9.17, 15) is 0 Å². The van der Waals surface area contributed by atoms with Crippen LogP contribution in [-0.4, -0.2) is 25.7 Å². The van der Waals surface area contributed by atoms with Gasteiger partial charge in [0.05, 0.1) is 0 Å². The summed E-state index contributed by atoms with van der Waals surface area (Å²) in [4.78, 5) is 0. The summed E-state index contributed by atoms with van der Waals surface area (Å²) >= 11 is 0. The van der Waals surface area contributed by atoms with Crippen molar-refractivity contribution in [1.29, 1.82) is 0 Å². The molecule has 5 N–H and O–H groups in total. The van der Waals surface area contributed by atoms with Crippen LogP contribution in [0.4, 0.5) is 0 Å². The highest BCUT2D eigenvalue weighted by Gasteiger charge is 2.03. The van der Waals surface area contributed by atoms with Gasteiger partial charge in [-0.15, -0.1) is 0 Å². The number of hydrogen-bond acceptors (Lipinski definition) is 3. The third-order valence-corrected chi connectivity index (χ3v) is 1.76. The third-order valence-electron chi connectivity index (χ3n) is 1.76. The molecule has 0 aliphatic carbocycles. The minimum atomic E-state index is 0.577. The second kappa shape index (κ2) is 7.98. The molecule has 1 atom stereocenters. The number of nitrogens with two attached hydrogens (primary N) is 2. The Morgan fingerprint density at radius 2 is 1.91 bits per heavy atom. The molecule has 11 heavy (non-hydrogen) atoms. The standard InChI is InChI=1S/C8H21N3/c1-2-11-8(5-7-10)4-3-6-9/h8,11H,2-7,9-10H2,1H3. The van der Waals surface area contributed by atoms with Gasteiger partial charge in [-0.2, -0.15) is 0 Å². The Hall–Kier alpha value is -0.120. The van der Waals surface area contributed by atoms with Crippen LogP contribution in [0.2, 0.25) is 0 Å². The zero-order chi connectivity index (χ0) is 8.53. The summed E-state index contributed by atoms with van der Waals surface area (Å²) in [6.07, 6.45) is 3.31. The van der Waals surface area contributed by atoms with E-state index in [1.165, 1.54) is 0 Å². The molecule has 0 aromatic rings. The van der Waals surface area contributed by atoms with Crippen molar-refractivity contribution in [3.05, 3.63) is 0 Å². The molecule has 0 amide bonds. The van der Waals surface area contributed by atoms with E-state index in [1.54, 1.807) is 0 Å². The number of nitrogens with one attached hydrogen (secondary N) is 1. The molecule has 0 aromatic carbocycles. The molecule has 0 fully saturated rings. The van der Waals surface area contributed by atoms with Crippen molar-refractivity contribution in [2.24, 2.45) is 11.5 Å². The summed E-state index contributed by atoms with van der Waals surface area (Å²) in [5.74, 6) is 0. The molecule has 0 bridgehead atoms. The van der Waals surface area contributed by atoms with Gasteiger partial charge in [-0.25, -0.2) is 0 Å². The average molecular weight is 159 g/mol. The lowest BCUT2D eigenvalue weighted by atomic mass is 10.1. The van der Waals surface area contributed by atoms with Crippen LogP contribution >= 0.6 is 0 Å². The smallest absolute Gasteiger partial charge is 0.00794 e. The molecule has 3 heteroatoms. The van der Waals surface area contributed by atoms with Gasteiger partial charge in [0, 0.05) is 6.04 Å². The first-order valence-electron chi connectivity index (χ1n) is 4.48. The van der Waals surface area contributed by atoms with Crippen LogP contribution in [0.25, 0.3) is 0 Å². The molecule has 0 saturated carbocycles. The predicted octanol–water partition coefficient (Wildman–Crippen LogP) is 0.0522. The minimum absolute atomic E-state index is 0.577. The molecule has 0 heterocycles. The summed E-state index contributed by atoms with van der Waals surface area (Å²) in [7, 11) is 0. The Morgan fingerprint density at radius 3 is 2.36 bits per heavy atom. The van der Waals surface area contributed by atoms with Crippen LogP contribution in [0.3, 0.4) is 0 Å². The lowest BCUT2D eigenvalue weighted by molar-refractivity contribution is 0.459. The molecule has 68 valence electrons. The van der Waals surface area contributed by atoms with Crippen LogP contribution in [0, 0.1) is 0 Å². The molecule has 0 spiro atoms. The fourth-order valence-corrected chi connectivity index (χ4v) is 1.20. The van der Waals surface area contributed by atoms with E-state index < -0.39 is 0 Å². The lowest BCUT2D eigenvalue weighted by Crippen LogP contribution is -2.31. The molecule has 1 unspecified atom stereocenters. The second-order valence-electron chi connectivity index (χ2n) is 2.76. The van der Waals surface area contributed by atoms with Gasteiger partial charge in [-0.1, -0.05) is 6.92 Å². The molecule has 0 aliphatic heterocycles. The SMILES string of the molecule is CCNC(CCN)CCCN. The second-order valence-corrected chi connectivity index (χ2v) is 2.76. The first-order valence-corrected chi connectivity index (χ1v) is 4.48. The topological polar surface area (TPSA) is 64.1 Å². The monoisotopic (exact) mass is 159 g/mol. The zero-order valence-electron chi connectivity index (χ0n) is 7.47. The third kappa shape index (κ3) is 6.28. The highest BCUT2D eigenvalue weighted by molar-refractivity contribution is 4.66. The molecular weight excluding hydrogens is 138 g/mol. The van der Waals surface area contributed by atoms with E-state index in [-0.39, 0.29) is 0 Å². The van der Waals surface area contributed by atoms with Gasteiger partial charge in [0.15, 0.2) is 0 Å². The normalized spacial score (nSPS) is 13.4. The molecule has 0 saturated heterocycles. The summed E-state index contributed by atoms with van der Waals surface area (Å²) in [5, 5.41) is 3.38. The maximum Gasteiger partial charge on any atom is 0.00794 e. The predicted molar refractivity (Wildman–Crippen MR) is 49.4 cm³/mol. The van der Waals surface area contributed by atoms with Crippen LogP contribution in [0.15, 0.2) is 0 Å². The Balaban J connectivity index is 3.34. The number of hydrogen-bond donors (Lipinski definition) is 3. The van der Waals surface area contributed by atoms with Gasteiger partial charge in [0.1, 0.15) is 0 Å². The van der Waals surface area contributed by atoms with Crippen LogP contribution in [0.5, 0.6) is 0 Å². The van der Waals surface area contributed by atoms with Gasteiger partial charge in [0.25, 0.3) is 0 Å². The van der Waals surface area contributed by atoms with Crippen LogP contribution < -0.4 is 16.8 Å². The summed E-state index contributed by atoms with van der Waals surface area (Å²) in [5.41, 5.74) is 10.9. The maximum atomic E-state index is 5.46. The van der Waals surface area contributed by atoms with E-state index in [2.05, 4.69) is 12.2 Å². The maximum absolute atomic E-state index is 5.46. The molecule has 0 aromatic heterocycles. The Morgan fingerprint density at radius 1 is 1.18 bits per heavy atom. The fourth-order valence-electron chi connectivity index (χ4n) is 1.20. The first kappa shape index (κ1) is 10.9. The lowest BCUT2D eigenvalue weighted by Gasteiger charge is -2.15. The summed E-state index contributed by atoms with van der Waals surface area (Å²) < 4.78 is 0.